The van der Waals surface area contributed by atoms with Gasteiger partial charge in [-0.15, -0.1) is 0 Å². The van der Waals surface area contributed by atoms with Crippen LogP contribution in [-0.4, -0.2) is 37.8 Å². The third kappa shape index (κ3) is 5.65. The highest BCUT2D eigenvalue weighted by Crippen LogP contribution is 2.35. The molecule has 0 bridgehead atoms. The Morgan fingerprint density at radius 1 is 1.16 bits per heavy atom. The van der Waals surface area contributed by atoms with Crippen molar-refractivity contribution >= 4 is 22.9 Å². The first-order valence-electron chi connectivity index (χ1n) is 14.6. The van der Waals surface area contributed by atoms with Crippen molar-refractivity contribution in [1.29, 1.82) is 5.26 Å². The number of piperidine rings is 1. The minimum atomic E-state index is -0.686. The van der Waals surface area contributed by atoms with Crippen LogP contribution in [0.4, 0.5) is 26.1 Å². The molecule has 2 aliphatic rings. The zero-order chi connectivity index (χ0) is 29.9. The van der Waals surface area contributed by atoms with Crippen molar-refractivity contribution in [3.05, 3.63) is 94.4 Å². The summed E-state index contributed by atoms with van der Waals surface area (Å²) >= 11 is 0. The maximum Gasteiger partial charge on any atom is 0.149 e. The molecular weight excluding hydrogens is 548 g/mol. The average molecular weight is 582 g/mol. The first kappa shape index (κ1) is 28.3. The van der Waals surface area contributed by atoms with Gasteiger partial charge in [-0.05, 0) is 67.9 Å². The molecule has 1 atom stereocenters. The summed E-state index contributed by atoms with van der Waals surface area (Å²) in [7, 11) is 0. The molecule has 6 rings (SSSR count). The first-order valence-corrected chi connectivity index (χ1v) is 14.6. The van der Waals surface area contributed by atoms with Gasteiger partial charge in [0.2, 0.25) is 0 Å². The van der Waals surface area contributed by atoms with Gasteiger partial charge in [-0.1, -0.05) is 13.0 Å². The first-order chi connectivity index (χ1) is 21.0. The second-order valence-corrected chi connectivity index (χ2v) is 11.0. The van der Waals surface area contributed by atoms with Gasteiger partial charge in [-0.3, -0.25) is 4.68 Å². The third-order valence-corrected chi connectivity index (χ3v) is 8.52. The van der Waals surface area contributed by atoms with Crippen molar-refractivity contribution < 1.29 is 8.78 Å². The fourth-order valence-corrected chi connectivity index (χ4v) is 6.07. The summed E-state index contributed by atoms with van der Waals surface area (Å²) in [5.74, 6) is -0.0389. The number of aromatic amines is 1. The molecule has 2 aliphatic heterocycles. The lowest BCUT2D eigenvalue weighted by Crippen LogP contribution is -2.37. The van der Waals surface area contributed by atoms with Crippen molar-refractivity contribution in [2.45, 2.75) is 52.0 Å². The van der Waals surface area contributed by atoms with E-state index in [1.165, 1.54) is 35.7 Å². The highest BCUT2D eigenvalue weighted by molar-refractivity contribution is 5.67. The number of nitrogens with one attached hydrogen (secondary N) is 2. The predicted molar refractivity (Wildman–Crippen MR) is 160 cm³/mol. The molecule has 0 amide bonds. The number of H-pyrrole nitrogens is 1. The number of benzene rings is 1. The van der Waals surface area contributed by atoms with Gasteiger partial charge in [0, 0.05) is 48.0 Å². The molecule has 0 saturated carbocycles. The van der Waals surface area contributed by atoms with Crippen LogP contribution in [0.25, 0.3) is 5.57 Å². The van der Waals surface area contributed by atoms with Crippen molar-refractivity contribution in [1.82, 2.24) is 24.7 Å². The molecule has 5 heterocycles. The number of allylic oxidation sites excluding steroid dienone is 1. The summed E-state index contributed by atoms with van der Waals surface area (Å²) in [6, 6.07) is 8.11. The summed E-state index contributed by atoms with van der Waals surface area (Å²) in [5.41, 5.74) is 4.81. The summed E-state index contributed by atoms with van der Waals surface area (Å²) in [5, 5.41) is 18.4. The lowest BCUT2D eigenvalue weighted by Gasteiger charge is -2.36. The van der Waals surface area contributed by atoms with E-state index < -0.39 is 11.6 Å². The summed E-state index contributed by atoms with van der Waals surface area (Å²) < 4.78 is 30.5. The molecule has 0 radical (unpaired) electrons. The van der Waals surface area contributed by atoms with Crippen LogP contribution in [0.5, 0.6) is 0 Å². The zero-order valence-electron chi connectivity index (χ0n) is 24.2. The van der Waals surface area contributed by atoms with Gasteiger partial charge in [0.1, 0.15) is 40.8 Å². The van der Waals surface area contributed by atoms with Crippen LogP contribution in [0.2, 0.25) is 0 Å². The van der Waals surface area contributed by atoms with E-state index in [9.17, 15) is 14.0 Å². The SMILES string of the molecule is CCC1=CN=c2[nH]ccc2=C(c2cnn(C(CC#N)C3CCN(c4ncnc(Nc5c(F)cccc5F)c4C)CC3)c2)C1. The minimum Gasteiger partial charge on any atom is -0.356 e. The summed E-state index contributed by atoms with van der Waals surface area (Å²) in [4.78, 5) is 18.8. The monoisotopic (exact) mass is 581 g/mol. The Labute approximate surface area is 248 Å². The molecular formula is C32H33F2N9. The van der Waals surface area contributed by atoms with Gasteiger partial charge < -0.3 is 15.2 Å². The largest absolute Gasteiger partial charge is 0.356 e. The van der Waals surface area contributed by atoms with Crippen molar-refractivity contribution in [3.63, 3.8) is 0 Å². The van der Waals surface area contributed by atoms with Gasteiger partial charge in [0.25, 0.3) is 0 Å². The van der Waals surface area contributed by atoms with Crippen LogP contribution < -0.4 is 20.9 Å². The molecule has 220 valence electrons. The quantitative estimate of drug-likeness (QED) is 0.295. The third-order valence-electron chi connectivity index (χ3n) is 8.52. The van der Waals surface area contributed by atoms with Crippen LogP contribution in [0, 0.1) is 35.8 Å². The Hall–Kier alpha value is -4.85. The van der Waals surface area contributed by atoms with Gasteiger partial charge >= 0.3 is 0 Å². The molecule has 0 spiro atoms. The summed E-state index contributed by atoms with van der Waals surface area (Å²) in [6.07, 6.45) is 13.0. The standard InChI is InChI=1S/C32H33F2N9/c1-3-21-15-25(24-8-12-36-31(24)37-16-21)23-17-40-43(18-23)28(7-11-35)22-9-13-42(14-10-22)32-20(2)30(38-19-39-32)41-29-26(33)5-4-6-27(29)34/h4-6,8,12,16-19,22,28H,3,7,9-10,13-15H2,1-2H3,(H,36,37)(H,38,39,41). The summed E-state index contributed by atoms with van der Waals surface area (Å²) in [6.45, 7) is 5.44. The van der Waals surface area contributed by atoms with Crippen LogP contribution in [0.15, 0.2) is 65.9 Å². The Kier molecular flexibility index (Phi) is 8.01. The van der Waals surface area contributed by atoms with E-state index in [0.717, 1.165) is 60.9 Å². The second kappa shape index (κ2) is 12.2. The van der Waals surface area contributed by atoms with E-state index in [4.69, 9.17) is 5.10 Å². The zero-order valence-corrected chi connectivity index (χ0v) is 24.2. The second-order valence-electron chi connectivity index (χ2n) is 11.0. The number of rotatable bonds is 8. The molecule has 11 heteroatoms. The van der Waals surface area contributed by atoms with E-state index in [-0.39, 0.29) is 17.6 Å². The van der Waals surface area contributed by atoms with E-state index >= 15 is 0 Å². The minimum absolute atomic E-state index is 0.0587. The molecule has 4 aromatic rings. The molecule has 1 saturated heterocycles. The Morgan fingerprint density at radius 3 is 2.70 bits per heavy atom. The molecule has 1 fully saturated rings. The Bertz CT molecular complexity index is 1800. The number of fused-ring (bicyclic) bond motifs is 1. The molecule has 2 N–H and O–H groups in total. The van der Waals surface area contributed by atoms with Crippen molar-refractivity contribution in [2.24, 2.45) is 10.9 Å². The van der Waals surface area contributed by atoms with Gasteiger partial charge in [-0.25, -0.2) is 23.7 Å². The highest BCUT2D eigenvalue weighted by Gasteiger charge is 2.30. The van der Waals surface area contributed by atoms with Crippen LogP contribution in [0.1, 0.15) is 56.2 Å². The molecule has 1 aromatic carbocycles. The van der Waals surface area contributed by atoms with E-state index in [0.29, 0.717) is 17.8 Å². The maximum absolute atomic E-state index is 14.3. The van der Waals surface area contributed by atoms with Gasteiger partial charge in [0.05, 0.1) is 24.7 Å². The lowest BCUT2D eigenvalue weighted by molar-refractivity contribution is 0.260. The van der Waals surface area contributed by atoms with Crippen LogP contribution in [0.3, 0.4) is 0 Å². The average Bonchev–Trinajstić information content (AvgIpc) is 3.66. The number of anilines is 3. The van der Waals surface area contributed by atoms with Gasteiger partial charge in [0.15, 0.2) is 0 Å². The molecule has 0 aliphatic carbocycles. The fraction of sp³-hybridized carbons (Fsp3) is 0.344. The van der Waals surface area contributed by atoms with Crippen molar-refractivity contribution in [2.75, 3.05) is 23.3 Å². The number of nitrogens with zero attached hydrogens (tertiary/aromatic N) is 7. The Morgan fingerprint density at radius 2 is 1.95 bits per heavy atom. The van der Waals surface area contributed by atoms with Crippen LogP contribution in [-0.2, 0) is 0 Å². The van der Waals surface area contributed by atoms with E-state index in [1.807, 2.05) is 30.2 Å². The fourth-order valence-electron chi connectivity index (χ4n) is 6.07. The normalized spacial score (nSPS) is 16.1. The lowest BCUT2D eigenvalue weighted by atomic mass is 9.87. The van der Waals surface area contributed by atoms with E-state index in [2.05, 4.69) is 55.4 Å². The Balaban J connectivity index is 1.20. The number of halogens is 2. The molecule has 1 unspecified atom stereocenters. The number of nitriles is 1. The van der Waals surface area contributed by atoms with Crippen molar-refractivity contribution in [3.8, 4) is 6.07 Å². The molecule has 43 heavy (non-hydrogen) atoms. The highest BCUT2D eigenvalue weighted by atomic mass is 19.1. The number of para-hydroxylation sites is 1. The smallest absolute Gasteiger partial charge is 0.149 e. The number of hydrogen-bond acceptors (Lipinski definition) is 7. The number of hydrogen-bond donors (Lipinski definition) is 2. The predicted octanol–water partition coefficient (Wildman–Crippen LogP) is 5.22. The molecule has 3 aromatic heterocycles. The topological polar surface area (TPSA) is 111 Å². The van der Waals surface area contributed by atoms with Crippen LogP contribution >= 0.6 is 0 Å². The van der Waals surface area contributed by atoms with E-state index in [1.54, 1.807) is 0 Å². The number of aromatic nitrogens is 5. The maximum atomic E-state index is 14.3. The molecule has 9 nitrogen and oxygen atoms in total. The van der Waals surface area contributed by atoms with Gasteiger partial charge in [-0.2, -0.15) is 10.4 Å².